The van der Waals surface area contributed by atoms with Crippen molar-refractivity contribution in [2.24, 2.45) is 4.99 Å². The van der Waals surface area contributed by atoms with Gasteiger partial charge < -0.3 is 15.1 Å². The van der Waals surface area contributed by atoms with E-state index in [1.54, 1.807) is 7.05 Å². The Bertz CT molecular complexity index is 570. The van der Waals surface area contributed by atoms with E-state index < -0.39 is 5.82 Å². The lowest BCUT2D eigenvalue weighted by atomic mass is 10.2. The van der Waals surface area contributed by atoms with E-state index in [4.69, 9.17) is 0 Å². The van der Waals surface area contributed by atoms with Gasteiger partial charge in [-0.25, -0.2) is 8.78 Å². The molecule has 1 saturated heterocycles. The van der Waals surface area contributed by atoms with Gasteiger partial charge in [-0.3, -0.25) is 4.99 Å². The summed E-state index contributed by atoms with van der Waals surface area (Å²) in [6.07, 6.45) is 5.08. The molecule has 1 fully saturated rings. The van der Waals surface area contributed by atoms with E-state index in [9.17, 15) is 8.78 Å². The third kappa shape index (κ3) is 5.61. The molecular weight excluding hydrogens is 425 g/mol. The number of nitrogens with one attached hydrogen (secondary N) is 1. The number of guanidine groups is 1. The van der Waals surface area contributed by atoms with Crippen molar-refractivity contribution in [1.29, 1.82) is 0 Å². The average Bonchev–Trinajstić information content (AvgIpc) is 2.57. The van der Waals surface area contributed by atoms with Gasteiger partial charge >= 0.3 is 0 Å². The number of hydrogen-bond donors (Lipinski definition) is 1. The molecule has 1 N–H and O–H groups in total. The van der Waals surface area contributed by atoms with Crippen molar-refractivity contribution in [1.82, 2.24) is 10.2 Å². The Morgan fingerprint density at radius 2 is 1.96 bits per heavy atom. The Kier molecular flexibility index (Phi) is 9.02. The van der Waals surface area contributed by atoms with E-state index in [-0.39, 0.29) is 29.8 Å². The van der Waals surface area contributed by atoms with Crippen molar-refractivity contribution >= 4 is 35.6 Å². The standard InChI is InChI=1S/C17H24F2N4.HI/c1-3-4-5-8-21-17(20-2)23-11-9-22(10-12-23)16-13-14(18)6-7-15(16)19;/h3-4,6-7,13H,5,8-12H2,1-2H3,(H,20,21);1H/b4-3+;. The SMILES string of the molecule is C/C=C/CCNC(=NC)N1CCN(c2cc(F)ccc2F)CC1.I. The number of benzene rings is 1. The van der Waals surface area contributed by atoms with Gasteiger partial charge in [-0.1, -0.05) is 12.2 Å². The number of rotatable bonds is 4. The minimum Gasteiger partial charge on any atom is -0.366 e. The average molecular weight is 450 g/mol. The summed E-state index contributed by atoms with van der Waals surface area (Å²) in [5, 5.41) is 3.32. The molecule has 4 nitrogen and oxygen atoms in total. The van der Waals surface area contributed by atoms with Crippen molar-refractivity contribution < 1.29 is 8.78 Å². The third-order valence-corrected chi connectivity index (χ3v) is 3.87. The first kappa shape index (κ1) is 20.7. The first-order chi connectivity index (χ1) is 11.2. The smallest absolute Gasteiger partial charge is 0.193 e. The molecule has 0 aromatic heterocycles. The third-order valence-electron chi connectivity index (χ3n) is 3.87. The van der Waals surface area contributed by atoms with E-state index in [0.717, 1.165) is 38.1 Å². The Morgan fingerprint density at radius 1 is 1.25 bits per heavy atom. The van der Waals surface area contributed by atoms with Crippen molar-refractivity contribution in [2.45, 2.75) is 13.3 Å². The molecule has 1 aromatic rings. The second-order valence-electron chi connectivity index (χ2n) is 5.40. The van der Waals surface area contributed by atoms with Crippen LogP contribution in [0.2, 0.25) is 0 Å². The summed E-state index contributed by atoms with van der Waals surface area (Å²) in [7, 11) is 1.76. The van der Waals surface area contributed by atoms with Gasteiger partial charge in [0, 0.05) is 45.8 Å². The fourth-order valence-electron chi connectivity index (χ4n) is 2.65. The Morgan fingerprint density at radius 3 is 2.58 bits per heavy atom. The van der Waals surface area contributed by atoms with Crippen molar-refractivity contribution in [3.05, 3.63) is 42.0 Å². The van der Waals surface area contributed by atoms with Crippen LogP contribution in [-0.2, 0) is 0 Å². The number of hydrogen-bond acceptors (Lipinski definition) is 2. The molecule has 0 amide bonds. The minimum absolute atomic E-state index is 0. The second kappa shape index (κ2) is 10.5. The minimum atomic E-state index is -0.412. The van der Waals surface area contributed by atoms with E-state index in [1.165, 1.54) is 12.1 Å². The number of anilines is 1. The lowest BCUT2D eigenvalue weighted by Gasteiger charge is -2.37. The highest BCUT2D eigenvalue weighted by Crippen LogP contribution is 2.21. The molecule has 0 radical (unpaired) electrons. The van der Waals surface area contributed by atoms with Gasteiger partial charge in [0.05, 0.1) is 5.69 Å². The number of halogens is 3. The summed E-state index contributed by atoms with van der Waals surface area (Å²) < 4.78 is 27.2. The van der Waals surface area contributed by atoms with Crippen molar-refractivity contribution in [3.8, 4) is 0 Å². The molecule has 2 rings (SSSR count). The molecule has 0 unspecified atom stereocenters. The molecule has 1 aliphatic rings. The number of nitrogens with zero attached hydrogens (tertiary/aromatic N) is 3. The maximum atomic E-state index is 13.9. The number of allylic oxidation sites excluding steroid dienone is 1. The van der Waals surface area contributed by atoms with E-state index in [2.05, 4.69) is 21.3 Å². The highest BCUT2D eigenvalue weighted by molar-refractivity contribution is 14.0. The highest BCUT2D eigenvalue weighted by Gasteiger charge is 2.21. The first-order valence-electron chi connectivity index (χ1n) is 7.92. The van der Waals surface area contributed by atoms with Crippen LogP contribution in [0.5, 0.6) is 0 Å². The van der Waals surface area contributed by atoms with Gasteiger partial charge in [-0.05, 0) is 25.5 Å². The van der Waals surface area contributed by atoms with Crippen LogP contribution in [-0.4, -0.2) is 50.6 Å². The maximum Gasteiger partial charge on any atom is 0.193 e. The second-order valence-corrected chi connectivity index (χ2v) is 5.40. The molecule has 0 bridgehead atoms. The lowest BCUT2D eigenvalue weighted by Crippen LogP contribution is -2.52. The highest BCUT2D eigenvalue weighted by atomic mass is 127. The molecule has 1 heterocycles. The molecule has 134 valence electrons. The van der Waals surface area contributed by atoms with Crippen LogP contribution in [0.15, 0.2) is 35.3 Å². The number of aliphatic imine (C=N–C) groups is 1. The zero-order valence-corrected chi connectivity index (χ0v) is 16.5. The molecule has 0 saturated carbocycles. The maximum absolute atomic E-state index is 13.9. The van der Waals surface area contributed by atoms with Crippen LogP contribution >= 0.6 is 24.0 Å². The van der Waals surface area contributed by atoms with E-state index >= 15 is 0 Å². The molecule has 0 aliphatic carbocycles. The number of piperazine rings is 1. The van der Waals surface area contributed by atoms with Crippen LogP contribution in [0, 0.1) is 11.6 Å². The molecule has 1 aromatic carbocycles. The van der Waals surface area contributed by atoms with Crippen LogP contribution in [0.25, 0.3) is 0 Å². The van der Waals surface area contributed by atoms with Crippen molar-refractivity contribution in [3.63, 3.8) is 0 Å². The summed E-state index contributed by atoms with van der Waals surface area (Å²) >= 11 is 0. The predicted molar refractivity (Wildman–Crippen MR) is 106 cm³/mol. The molecule has 7 heteroatoms. The molecule has 0 spiro atoms. The monoisotopic (exact) mass is 450 g/mol. The molecule has 24 heavy (non-hydrogen) atoms. The summed E-state index contributed by atoms with van der Waals surface area (Å²) in [4.78, 5) is 8.31. The van der Waals surface area contributed by atoms with Crippen LogP contribution in [0.1, 0.15) is 13.3 Å². The summed E-state index contributed by atoms with van der Waals surface area (Å²) in [5.41, 5.74) is 0.334. The summed E-state index contributed by atoms with van der Waals surface area (Å²) in [6, 6.07) is 3.58. The molecule has 1 aliphatic heterocycles. The quantitative estimate of drug-likeness (QED) is 0.251. The zero-order valence-electron chi connectivity index (χ0n) is 14.1. The van der Waals surface area contributed by atoms with E-state index in [0.29, 0.717) is 18.8 Å². The molecular formula is C17H25F2IN4. The topological polar surface area (TPSA) is 30.9 Å². The predicted octanol–water partition coefficient (Wildman–Crippen LogP) is 3.25. The van der Waals surface area contributed by atoms with Gasteiger partial charge in [0.15, 0.2) is 5.96 Å². The van der Waals surface area contributed by atoms with Gasteiger partial charge in [0.2, 0.25) is 0 Å². The first-order valence-corrected chi connectivity index (χ1v) is 7.92. The largest absolute Gasteiger partial charge is 0.366 e. The Balaban J connectivity index is 0.00000288. The Labute approximate surface area is 159 Å². The van der Waals surface area contributed by atoms with Crippen molar-refractivity contribution in [2.75, 3.05) is 44.7 Å². The van der Waals surface area contributed by atoms with Crippen LogP contribution in [0.4, 0.5) is 14.5 Å². The van der Waals surface area contributed by atoms with Gasteiger partial charge in [-0.2, -0.15) is 0 Å². The lowest BCUT2D eigenvalue weighted by molar-refractivity contribution is 0.371. The van der Waals surface area contributed by atoms with Crippen LogP contribution < -0.4 is 10.2 Å². The Hall–Kier alpha value is -1.38. The van der Waals surface area contributed by atoms with Gasteiger partial charge in [-0.15, -0.1) is 24.0 Å². The normalized spacial score (nSPS) is 15.6. The van der Waals surface area contributed by atoms with Gasteiger partial charge in [0.1, 0.15) is 11.6 Å². The fourth-order valence-corrected chi connectivity index (χ4v) is 2.65. The summed E-state index contributed by atoms with van der Waals surface area (Å²) in [6.45, 7) is 5.54. The fraction of sp³-hybridized carbons (Fsp3) is 0.471. The summed E-state index contributed by atoms with van der Waals surface area (Å²) in [5.74, 6) is 0.0628. The molecule has 0 atom stereocenters. The van der Waals surface area contributed by atoms with Crippen LogP contribution in [0.3, 0.4) is 0 Å². The van der Waals surface area contributed by atoms with E-state index in [1.807, 2.05) is 17.9 Å². The van der Waals surface area contributed by atoms with Gasteiger partial charge in [0.25, 0.3) is 0 Å². The zero-order chi connectivity index (χ0) is 16.7.